The van der Waals surface area contributed by atoms with Gasteiger partial charge in [-0.15, -0.1) is 0 Å². The third-order valence-corrected chi connectivity index (χ3v) is 3.12. The van der Waals surface area contributed by atoms with Gasteiger partial charge in [0.15, 0.2) is 0 Å². The normalized spacial score (nSPS) is 23.4. The Bertz CT molecular complexity index is 259. The van der Waals surface area contributed by atoms with Crippen LogP contribution in [-0.2, 0) is 4.79 Å². The first-order chi connectivity index (χ1) is 6.11. The number of allylic oxidation sites excluding steroid dienone is 1. The smallest absolute Gasteiger partial charge is 0.246 e. The maximum absolute atomic E-state index is 11.6. The molecule has 1 aliphatic carbocycles. The molecule has 2 aliphatic rings. The summed E-state index contributed by atoms with van der Waals surface area (Å²) in [6.45, 7) is 5.93. The van der Waals surface area contributed by atoms with Gasteiger partial charge in [0.05, 0.1) is 0 Å². The molecule has 0 aromatic rings. The minimum Gasteiger partial charge on any atom is -0.339 e. The minimum atomic E-state index is 0.212. The highest BCUT2D eigenvalue weighted by atomic mass is 16.2. The molecule has 0 unspecified atom stereocenters. The fourth-order valence-corrected chi connectivity index (χ4v) is 2.05. The number of hydrogen-bond acceptors (Lipinski definition) is 1. The summed E-state index contributed by atoms with van der Waals surface area (Å²) in [7, 11) is 0. The van der Waals surface area contributed by atoms with Crippen molar-refractivity contribution in [2.75, 3.05) is 13.1 Å². The van der Waals surface area contributed by atoms with E-state index in [4.69, 9.17) is 0 Å². The number of amides is 1. The zero-order valence-electron chi connectivity index (χ0n) is 8.47. The number of hydrogen-bond donors (Lipinski definition) is 0. The molecule has 2 rings (SSSR count). The van der Waals surface area contributed by atoms with Gasteiger partial charge in [-0.1, -0.05) is 5.57 Å². The molecule has 0 aromatic carbocycles. The zero-order chi connectivity index (χ0) is 9.47. The largest absolute Gasteiger partial charge is 0.339 e. The molecule has 1 spiro atoms. The molecule has 0 bridgehead atoms. The van der Waals surface area contributed by atoms with Crippen LogP contribution in [0.4, 0.5) is 0 Å². The standard InChI is InChI=1S/C11H17NO/c1-9(2)7-10(13)12-6-5-11(8-12)3-4-11/h7H,3-6,8H2,1-2H3. The summed E-state index contributed by atoms with van der Waals surface area (Å²) in [5.74, 6) is 0.212. The lowest BCUT2D eigenvalue weighted by molar-refractivity contribution is -0.125. The van der Waals surface area contributed by atoms with Crippen molar-refractivity contribution in [3.8, 4) is 0 Å². The van der Waals surface area contributed by atoms with Crippen LogP contribution < -0.4 is 0 Å². The van der Waals surface area contributed by atoms with Crippen molar-refractivity contribution in [3.63, 3.8) is 0 Å². The van der Waals surface area contributed by atoms with Crippen LogP contribution >= 0.6 is 0 Å². The van der Waals surface area contributed by atoms with Gasteiger partial charge in [0.25, 0.3) is 0 Å². The zero-order valence-corrected chi connectivity index (χ0v) is 8.47. The highest BCUT2D eigenvalue weighted by Gasteiger charge is 2.48. The van der Waals surface area contributed by atoms with Crippen LogP contribution in [0, 0.1) is 5.41 Å². The maximum Gasteiger partial charge on any atom is 0.246 e. The van der Waals surface area contributed by atoms with E-state index in [2.05, 4.69) is 0 Å². The molecular formula is C11H17NO. The molecule has 1 saturated carbocycles. The highest BCUT2D eigenvalue weighted by molar-refractivity contribution is 5.88. The van der Waals surface area contributed by atoms with E-state index in [1.807, 2.05) is 18.7 Å². The second-order valence-corrected chi connectivity index (χ2v) is 4.73. The highest BCUT2D eigenvalue weighted by Crippen LogP contribution is 2.52. The Balaban J connectivity index is 1.95. The Morgan fingerprint density at radius 1 is 1.31 bits per heavy atom. The number of rotatable bonds is 1. The molecule has 13 heavy (non-hydrogen) atoms. The average molecular weight is 179 g/mol. The van der Waals surface area contributed by atoms with Crippen molar-refractivity contribution < 1.29 is 4.79 Å². The Morgan fingerprint density at radius 2 is 2.00 bits per heavy atom. The monoisotopic (exact) mass is 179 g/mol. The molecule has 1 heterocycles. The molecule has 1 saturated heterocycles. The lowest BCUT2D eigenvalue weighted by Gasteiger charge is -2.13. The maximum atomic E-state index is 11.6. The Hall–Kier alpha value is -0.790. The van der Waals surface area contributed by atoms with Gasteiger partial charge in [-0.3, -0.25) is 4.79 Å². The molecule has 0 N–H and O–H groups in total. The number of carbonyl (C=O) groups is 1. The number of nitrogens with zero attached hydrogens (tertiary/aromatic N) is 1. The summed E-state index contributed by atoms with van der Waals surface area (Å²) < 4.78 is 0. The molecule has 1 amide bonds. The molecule has 0 aromatic heterocycles. The number of likely N-dealkylation sites (tertiary alicyclic amines) is 1. The van der Waals surface area contributed by atoms with E-state index in [9.17, 15) is 4.79 Å². The number of carbonyl (C=O) groups excluding carboxylic acids is 1. The fourth-order valence-electron chi connectivity index (χ4n) is 2.05. The molecule has 2 fully saturated rings. The first-order valence-electron chi connectivity index (χ1n) is 5.05. The third-order valence-electron chi connectivity index (χ3n) is 3.12. The average Bonchev–Trinajstić information content (AvgIpc) is 2.59. The summed E-state index contributed by atoms with van der Waals surface area (Å²) in [5.41, 5.74) is 1.66. The van der Waals surface area contributed by atoms with Crippen LogP contribution in [0.5, 0.6) is 0 Å². The minimum absolute atomic E-state index is 0.212. The topological polar surface area (TPSA) is 20.3 Å². The van der Waals surface area contributed by atoms with Crippen molar-refractivity contribution in [2.45, 2.75) is 33.1 Å². The van der Waals surface area contributed by atoms with E-state index in [1.54, 1.807) is 6.08 Å². The van der Waals surface area contributed by atoms with Crippen molar-refractivity contribution in [3.05, 3.63) is 11.6 Å². The molecule has 2 nitrogen and oxygen atoms in total. The Kier molecular flexibility index (Phi) is 1.94. The van der Waals surface area contributed by atoms with Crippen molar-refractivity contribution in [1.82, 2.24) is 4.90 Å². The van der Waals surface area contributed by atoms with Crippen LogP contribution in [0.15, 0.2) is 11.6 Å². The summed E-state index contributed by atoms with van der Waals surface area (Å²) in [5, 5.41) is 0. The Labute approximate surface area is 79.6 Å². The van der Waals surface area contributed by atoms with E-state index in [0.717, 1.165) is 18.7 Å². The van der Waals surface area contributed by atoms with Crippen molar-refractivity contribution in [2.24, 2.45) is 5.41 Å². The van der Waals surface area contributed by atoms with Gasteiger partial charge >= 0.3 is 0 Å². The first kappa shape index (κ1) is 8.79. The SMILES string of the molecule is CC(C)=CC(=O)N1CCC2(CC2)C1. The van der Waals surface area contributed by atoms with E-state index in [1.165, 1.54) is 19.3 Å². The van der Waals surface area contributed by atoms with Gasteiger partial charge < -0.3 is 4.90 Å². The van der Waals surface area contributed by atoms with E-state index in [-0.39, 0.29) is 5.91 Å². The van der Waals surface area contributed by atoms with Gasteiger partial charge in [0.1, 0.15) is 0 Å². The van der Waals surface area contributed by atoms with Gasteiger partial charge in [-0.2, -0.15) is 0 Å². The van der Waals surface area contributed by atoms with Gasteiger partial charge in [0.2, 0.25) is 5.91 Å². The van der Waals surface area contributed by atoms with Crippen molar-refractivity contribution >= 4 is 5.91 Å². The third kappa shape index (κ3) is 1.77. The van der Waals surface area contributed by atoms with Gasteiger partial charge in [-0.25, -0.2) is 0 Å². The van der Waals surface area contributed by atoms with Gasteiger partial charge in [-0.05, 0) is 38.5 Å². The quantitative estimate of drug-likeness (QED) is 0.563. The van der Waals surface area contributed by atoms with Crippen molar-refractivity contribution in [1.29, 1.82) is 0 Å². The fraction of sp³-hybridized carbons (Fsp3) is 0.727. The Morgan fingerprint density at radius 3 is 2.46 bits per heavy atom. The molecule has 0 atom stereocenters. The van der Waals surface area contributed by atoms with Crippen LogP contribution in [0.25, 0.3) is 0 Å². The summed E-state index contributed by atoms with van der Waals surface area (Å²) in [4.78, 5) is 13.6. The van der Waals surface area contributed by atoms with Gasteiger partial charge in [0, 0.05) is 19.2 Å². The van der Waals surface area contributed by atoms with Crippen LogP contribution in [-0.4, -0.2) is 23.9 Å². The van der Waals surface area contributed by atoms with E-state index in [0.29, 0.717) is 5.41 Å². The van der Waals surface area contributed by atoms with E-state index >= 15 is 0 Å². The predicted molar refractivity (Wildman–Crippen MR) is 52.3 cm³/mol. The van der Waals surface area contributed by atoms with Crippen LogP contribution in [0.1, 0.15) is 33.1 Å². The molecule has 1 aliphatic heterocycles. The molecule has 0 radical (unpaired) electrons. The van der Waals surface area contributed by atoms with Crippen LogP contribution in [0.2, 0.25) is 0 Å². The second kappa shape index (κ2) is 2.86. The predicted octanol–water partition coefficient (Wildman–Crippen LogP) is 1.97. The molecular weight excluding hydrogens is 162 g/mol. The summed E-state index contributed by atoms with van der Waals surface area (Å²) in [6.07, 6.45) is 5.66. The summed E-state index contributed by atoms with van der Waals surface area (Å²) >= 11 is 0. The summed E-state index contributed by atoms with van der Waals surface area (Å²) in [6, 6.07) is 0. The lowest BCUT2D eigenvalue weighted by atomic mass is 10.1. The molecule has 72 valence electrons. The first-order valence-corrected chi connectivity index (χ1v) is 5.05. The molecule has 2 heteroatoms. The lowest BCUT2D eigenvalue weighted by Crippen LogP contribution is -2.27. The second-order valence-electron chi connectivity index (χ2n) is 4.73. The van der Waals surface area contributed by atoms with E-state index < -0.39 is 0 Å². The van der Waals surface area contributed by atoms with Crippen LogP contribution in [0.3, 0.4) is 0 Å².